The van der Waals surface area contributed by atoms with Crippen molar-refractivity contribution in [2.75, 3.05) is 6.61 Å². The maximum Gasteiger partial charge on any atom is 0.307 e. The molecule has 0 aromatic heterocycles. The van der Waals surface area contributed by atoms with Gasteiger partial charge >= 0.3 is 5.97 Å². The lowest BCUT2D eigenvalue weighted by Crippen LogP contribution is -2.17. The molecule has 0 amide bonds. The fraction of sp³-hybridized carbons (Fsp3) is 0.278. The van der Waals surface area contributed by atoms with Crippen LogP contribution in [0.2, 0.25) is 0 Å². The average molecular weight is 283 g/mol. The molecule has 1 unspecified atom stereocenters. The quantitative estimate of drug-likeness (QED) is 0.853. The van der Waals surface area contributed by atoms with E-state index < -0.39 is 0 Å². The van der Waals surface area contributed by atoms with Crippen molar-refractivity contribution < 1.29 is 9.53 Å². The molecule has 0 aliphatic carbocycles. The Morgan fingerprint density at radius 1 is 1.14 bits per heavy atom. The summed E-state index contributed by atoms with van der Waals surface area (Å²) in [7, 11) is 0. The molecular formula is C18H21NO2. The van der Waals surface area contributed by atoms with E-state index in [1.807, 2.05) is 30.3 Å². The molecule has 0 saturated carbocycles. The van der Waals surface area contributed by atoms with E-state index in [4.69, 9.17) is 10.5 Å². The van der Waals surface area contributed by atoms with Crippen molar-refractivity contribution in [1.82, 2.24) is 0 Å². The van der Waals surface area contributed by atoms with Crippen molar-refractivity contribution in [2.45, 2.75) is 26.3 Å². The molecule has 0 saturated heterocycles. The van der Waals surface area contributed by atoms with E-state index in [0.29, 0.717) is 6.61 Å². The number of rotatable bonds is 5. The highest BCUT2D eigenvalue weighted by molar-refractivity contribution is 5.70. The SMILES string of the molecule is CCOC(=O)CC(N)c1ccc(-c2cccc(C)c2)cc1. The van der Waals surface area contributed by atoms with Crippen LogP contribution < -0.4 is 5.73 Å². The number of nitrogens with two attached hydrogens (primary N) is 1. The van der Waals surface area contributed by atoms with Gasteiger partial charge in [-0.15, -0.1) is 0 Å². The zero-order valence-electron chi connectivity index (χ0n) is 12.5. The summed E-state index contributed by atoms with van der Waals surface area (Å²) in [5, 5.41) is 0. The molecular weight excluding hydrogens is 262 g/mol. The number of hydrogen-bond acceptors (Lipinski definition) is 3. The number of aryl methyl sites for hydroxylation is 1. The van der Waals surface area contributed by atoms with Crippen LogP contribution in [0.25, 0.3) is 11.1 Å². The third-order valence-corrected chi connectivity index (χ3v) is 3.38. The molecule has 0 aliphatic rings. The standard InChI is InChI=1S/C18H21NO2/c1-3-21-18(20)12-17(19)15-9-7-14(8-10-15)16-6-4-5-13(2)11-16/h4-11,17H,3,12,19H2,1-2H3. The lowest BCUT2D eigenvalue weighted by Gasteiger charge is -2.12. The van der Waals surface area contributed by atoms with Crippen LogP contribution in [0.5, 0.6) is 0 Å². The van der Waals surface area contributed by atoms with Crippen LogP contribution in [0.3, 0.4) is 0 Å². The van der Waals surface area contributed by atoms with Crippen LogP contribution in [0, 0.1) is 6.92 Å². The highest BCUT2D eigenvalue weighted by Crippen LogP contribution is 2.23. The summed E-state index contributed by atoms with van der Waals surface area (Å²) in [4.78, 5) is 11.5. The van der Waals surface area contributed by atoms with Gasteiger partial charge in [0.2, 0.25) is 0 Å². The van der Waals surface area contributed by atoms with Crippen molar-refractivity contribution >= 4 is 5.97 Å². The van der Waals surface area contributed by atoms with Gasteiger partial charge in [-0.1, -0.05) is 54.1 Å². The van der Waals surface area contributed by atoms with E-state index in [-0.39, 0.29) is 18.4 Å². The molecule has 2 aromatic carbocycles. The number of esters is 1. The first-order valence-electron chi connectivity index (χ1n) is 7.18. The molecule has 0 spiro atoms. The Morgan fingerprint density at radius 2 is 1.86 bits per heavy atom. The average Bonchev–Trinajstić information content (AvgIpc) is 2.47. The Morgan fingerprint density at radius 3 is 2.48 bits per heavy atom. The molecule has 110 valence electrons. The van der Waals surface area contributed by atoms with Gasteiger partial charge in [0, 0.05) is 6.04 Å². The molecule has 0 bridgehead atoms. The van der Waals surface area contributed by atoms with Gasteiger partial charge in [0.05, 0.1) is 13.0 Å². The monoisotopic (exact) mass is 283 g/mol. The van der Waals surface area contributed by atoms with Gasteiger partial charge in [0.1, 0.15) is 0 Å². The lowest BCUT2D eigenvalue weighted by molar-refractivity contribution is -0.143. The van der Waals surface area contributed by atoms with Gasteiger partial charge in [-0.25, -0.2) is 0 Å². The number of carbonyl (C=O) groups excluding carboxylic acids is 1. The maximum absolute atomic E-state index is 11.5. The number of benzene rings is 2. The zero-order chi connectivity index (χ0) is 15.2. The van der Waals surface area contributed by atoms with Crippen molar-refractivity contribution in [3.8, 4) is 11.1 Å². The van der Waals surface area contributed by atoms with Gasteiger partial charge in [0.15, 0.2) is 0 Å². The minimum atomic E-state index is -0.324. The summed E-state index contributed by atoms with van der Waals surface area (Å²) in [6.07, 6.45) is 0.206. The second kappa shape index (κ2) is 7.04. The zero-order valence-corrected chi connectivity index (χ0v) is 12.5. The number of ether oxygens (including phenoxy) is 1. The third kappa shape index (κ3) is 4.17. The van der Waals surface area contributed by atoms with Crippen molar-refractivity contribution in [1.29, 1.82) is 0 Å². The molecule has 0 radical (unpaired) electrons. The molecule has 0 aliphatic heterocycles. The Labute approximate surface area is 125 Å². The summed E-state index contributed by atoms with van der Waals surface area (Å²) in [5.41, 5.74) is 10.5. The summed E-state index contributed by atoms with van der Waals surface area (Å²) < 4.78 is 4.92. The first-order chi connectivity index (χ1) is 10.1. The van der Waals surface area contributed by atoms with E-state index >= 15 is 0 Å². The van der Waals surface area contributed by atoms with E-state index in [1.54, 1.807) is 6.92 Å². The summed E-state index contributed by atoms with van der Waals surface area (Å²) in [6, 6.07) is 16.1. The van der Waals surface area contributed by atoms with Gasteiger partial charge in [-0.05, 0) is 30.5 Å². The third-order valence-electron chi connectivity index (χ3n) is 3.38. The Hall–Kier alpha value is -2.13. The van der Waals surface area contributed by atoms with Crippen molar-refractivity contribution in [3.63, 3.8) is 0 Å². The van der Waals surface area contributed by atoms with E-state index in [0.717, 1.165) is 11.1 Å². The van der Waals surface area contributed by atoms with Crippen LogP contribution in [-0.2, 0) is 9.53 Å². The normalized spacial score (nSPS) is 12.0. The highest BCUT2D eigenvalue weighted by Gasteiger charge is 2.12. The predicted octanol–water partition coefficient (Wildman–Crippen LogP) is 3.62. The molecule has 3 nitrogen and oxygen atoms in total. The molecule has 3 heteroatoms. The maximum atomic E-state index is 11.5. The minimum Gasteiger partial charge on any atom is -0.466 e. The van der Waals surface area contributed by atoms with E-state index in [1.165, 1.54) is 11.1 Å². The Balaban J connectivity index is 2.10. The topological polar surface area (TPSA) is 52.3 Å². The van der Waals surface area contributed by atoms with Crippen LogP contribution >= 0.6 is 0 Å². The van der Waals surface area contributed by atoms with Crippen LogP contribution in [0.4, 0.5) is 0 Å². The van der Waals surface area contributed by atoms with Crippen molar-refractivity contribution in [2.24, 2.45) is 5.73 Å². The minimum absolute atomic E-state index is 0.206. The van der Waals surface area contributed by atoms with Gasteiger partial charge in [-0.2, -0.15) is 0 Å². The molecule has 1 atom stereocenters. The van der Waals surface area contributed by atoms with Gasteiger partial charge < -0.3 is 10.5 Å². The number of carbonyl (C=O) groups is 1. The Bertz CT molecular complexity index is 605. The second-order valence-corrected chi connectivity index (χ2v) is 5.11. The summed E-state index contributed by atoms with van der Waals surface area (Å²) in [6.45, 7) is 4.26. The fourth-order valence-corrected chi connectivity index (χ4v) is 2.26. The first kappa shape index (κ1) is 15.3. The summed E-state index contributed by atoms with van der Waals surface area (Å²) >= 11 is 0. The molecule has 2 rings (SSSR count). The van der Waals surface area contributed by atoms with Gasteiger partial charge in [0.25, 0.3) is 0 Å². The largest absolute Gasteiger partial charge is 0.466 e. The lowest BCUT2D eigenvalue weighted by atomic mass is 9.99. The van der Waals surface area contributed by atoms with Crippen LogP contribution in [-0.4, -0.2) is 12.6 Å². The van der Waals surface area contributed by atoms with Crippen LogP contribution in [0.15, 0.2) is 48.5 Å². The molecule has 0 fully saturated rings. The van der Waals surface area contributed by atoms with Crippen LogP contribution in [0.1, 0.15) is 30.5 Å². The fourth-order valence-electron chi connectivity index (χ4n) is 2.26. The molecule has 2 aromatic rings. The molecule has 21 heavy (non-hydrogen) atoms. The smallest absolute Gasteiger partial charge is 0.307 e. The Kier molecular flexibility index (Phi) is 5.12. The van der Waals surface area contributed by atoms with E-state index in [2.05, 4.69) is 25.1 Å². The first-order valence-corrected chi connectivity index (χ1v) is 7.18. The summed E-state index contributed by atoms with van der Waals surface area (Å²) in [5.74, 6) is -0.257. The molecule has 2 N–H and O–H groups in total. The predicted molar refractivity (Wildman–Crippen MR) is 84.8 cm³/mol. The van der Waals surface area contributed by atoms with E-state index in [9.17, 15) is 4.79 Å². The second-order valence-electron chi connectivity index (χ2n) is 5.11. The van der Waals surface area contributed by atoms with Crippen molar-refractivity contribution in [3.05, 3.63) is 59.7 Å². The highest BCUT2D eigenvalue weighted by atomic mass is 16.5. The van der Waals surface area contributed by atoms with Gasteiger partial charge in [-0.3, -0.25) is 4.79 Å². The number of hydrogen-bond donors (Lipinski definition) is 1. The molecule has 0 heterocycles.